The molecule has 5 saturated carbocycles. The Bertz CT molecular complexity index is 1850. The Labute approximate surface area is 462 Å². The summed E-state index contributed by atoms with van der Waals surface area (Å²) in [5, 5.41) is 6.82. The Morgan fingerprint density at radius 1 is 0.213 bits per heavy atom. The zero-order chi connectivity index (χ0) is 51.4. The van der Waals surface area contributed by atoms with Crippen molar-refractivity contribution in [3.8, 4) is 0 Å². The highest BCUT2D eigenvalue weighted by molar-refractivity contribution is 5.18. The largest absolute Gasteiger partial charge is 0.317 e. The Hall–Kier alpha value is -2.68. The van der Waals surface area contributed by atoms with E-state index in [2.05, 4.69) is 132 Å². The van der Waals surface area contributed by atoms with Gasteiger partial charge in [-0.3, -0.25) is 0 Å². The summed E-state index contributed by atoms with van der Waals surface area (Å²) in [6.07, 6.45) is 105. The summed E-state index contributed by atoms with van der Waals surface area (Å²) in [6.45, 7) is 4.96. The molecule has 2 heteroatoms. The summed E-state index contributed by atoms with van der Waals surface area (Å²) >= 11 is 0. The van der Waals surface area contributed by atoms with Crippen LogP contribution >= 0.6 is 0 Å². The first-order valence-electron chi connectivity index (χ1n) is 32.8. The van der Waals surface area contributed by atoms with Crippen molar-refractivity contribution in [2.45, 2.75) is 263 Å². The van der Waals surface area contributed by atoms with Gasteiger partial charge < -0.3 is 10.6 Å². The lowest BCUT2D eigenvalue weighted by atomic mass is 9.62. The van der Waals surface area contributed by atoms with Crippen LogP contribution in [0, 0.1) is 43.3 Å². The normalized spacial score (nSPS) is 29.5. The molecule has 0 amide bonds. The van der Waals surface area contributed by atoms with Crippen LogP contribution in [0.5, 0.6) is 0 Å². The molecule has 414 valence electrons. The minimum absolute atomic E-state index is 0.606. The van der Waals surface area contributed by atoms with Crippen LogP contribution in [0.3, 0.4) is 0 Å². The molecule has 14 aliphatic carbocycles. The van der Waals surface area contributed by atoms with Crippen molar-refractivity contribution < 1.29 is 0 Å². The monoisotopic (exact) mass is 1020 g/mol. The van der Waals surface area contributed by atoms with E-state index >= 15 is 0 Å². The van der Waals surface area contributed by atoms with E-state index in [0.29, 0.717) is 21.7 Å². The fourth-order valence-corrected chi connectivity index (χ4v) is 16.9. The Morgan fingerprint density at radius 2 is 0.547 bits per heavy atom. The maximum Gasteiger partial charge on any atom is 0.00142 e. The predicted molar refractivity (Wildman–Crippen MR) is 326 cm³/mol. The first-order chi connectivity index (χ1) is 36.8. The molecule has 0 bridgehead atoms. The quantitative estimate of drug-likeness (QED) is 0.236. The summed E-state index contributed by atoms with van der Waals surface area (Å²) in [6, 6.07) is 0. The van der Waals surface area contributed by atoms with Crippen LogP contribution in [-0.4, -0.2) is 26.2 Å². The molecule has 75 heavy (non-hydrogen) atoms. The van der Waals surface area contributed by atoms with Crippen LogP contribution in [0.25, 0.3) is 0 Å². The minimum Gasteiger partial charge on any atom is -0.317 e. The average molecular weight is 1020 g/mol. The van der Waals surface area contributed by atoms with Crippen LogP contribution < -0.4 is 10.6 Å². The van der Waals surface area contributed by atoms with Gasteiger partial charge in [-0.2, -0.15) is 0 Å². The maximum absolute atomic E-state index is 3.42. The molecule has 2 nitrogen and oxygen atoms in total. The number of piperidine rings is 1. The van der Waals surface area contributed by atoms with E-state index < -0.39 is 0 Å². The zero-order valence-corrected chi connectivity index (χ0v) is 48.4. The molecule has 2 N–H and O–H groups in total. The summed E-state index contributed by atoms with van der Waals surface area (Å²) in [5.41, 5.74) is 5.81. The summed E-state index contributed by atoms with van der Waals surface area (Å²) in [5.74, 6) is 0. The lowest BCUT2D eigenvalue weighted by Crippen LogP contribution is -2.34. The molecule has 16 aliphatic rings. The number of nitrogens with one attached hydrogen (secondary N) is 2. The molecule has 7 fully saturated rings. The third kappa shape index (κ3) is 16.5. The average Bonchev–Trinajstić information content (AvgIpc) is 4.30. The highest BCUT2D eigenvalue weighted by Crippen LogP contribution is 2.52. The second kappa shape index (κ2) is 28.0. The predicted octanol–water partition coefficient (Wildman–Crippen LogP) is 20.7. The van der Waals surface area contributed by atoms with Crippen molar-refractivity contribution in [1.82, 2.24) is 10.6 Å². The van der Waals surface area contributed by atoms with Crippen molar-refractivity contribution in [1.29, 1.82) is 0 Å². The fraction of sp³-hybridized carbons (Fsp3) is 0.726. The second-order valence-corrected chi connectivity index (χ2v) is 28.4. The minimum atomic E-state index is 0.606. The first-order valence-corrected chi connectivity index (χ1v) is 32.8. The van der Waals surface area contributed by atoms with Gasteiger partial charge in [0.2, 0.25) is 0 Å². The molecule has 16 rings (SSSR count). The second-order valence-electron chi connectivity index (χ2n) is 28.4. The van der Waals surface area contributed by atoms with Crippen LogP contribution in [0.2, 0.25) is 0 Å². The van der Waals surface area contributed by atoms with Gasteiger partial charge in [-0.1, -0.05) is 179 Å². The van der Waals surface area contributed by atoms with Crippen LogP contribution in [0.15, 0.2) is 122 Å². The standard InChI is InChI=1S/C11H18.C10H14.C9H15N.C9H14.C9H12.C9H14.C8H13N.C8H12/c1-3-7-11(8-4-1)9-5-2-6-10-11;1-2-6-10(7-3-1)8-4-5-9-10;1-2-4-9(3-1)5-7-10-8-6-9;2*1-2-6-9(5-1)7-3-4-8-9;1-2-5-9(6-3-1)7-4-8-9;1-2-4-8(3-1)5-6-9-7-8;1-2-5-8(4-1)6-3-7-8/h1,3H,2,4-10H2;1-3,6H,4-5,7-9H2;1-2,10H,3-8H2;1-2H,3-8H2;1-4H,5-8H2;1-2H,3-8H2;1-2,9H,3-7H2;1-2H,3-7H2. The Balaban J connectivity index is 0.000000105. The smallest absolute Gasteiger partial charge is 0.00142 e. The fourth-order valence-electron chi connectivity index (χ4n) is 16.9. The van der Waals surface area contributed by atoms with Crippen molar-refractivity contribution in [2.24, 2.45) is 43.3 Å². The number of allylic oxidation sites excluding steroid dienone is 20. The highest BCUT2D eigenvalue weighted by atomic mass is 14.9. The third-order valence-corrected chi connectivity index (χ3v) is 23.0. The molecule has 0 radical (unpaired) electrons. The lowest BCUT2D eigenvalue weighted by molar-refractivity contribution is 0.119. The molecular formula is C73H112N2. The molecule has 0 unspecified atom stereocenters. The molecule has 0 aromatic rings. The van der Waals surface area contributed by atoms with Crippen molar-refractivity contribution in [3.05, 3.63) is 122 Å². The zero-order valence-electron chi connectivity index (χ0n) is 48.4. The number of rotatable bonds is 0. The van der Waals surface area contributed by atoms with E-state index in [1.807, 2.05) is 0 Å². The topological polar surface area (TPSA) is 24.1 Å². The molecule has 8 spiro atoms. The Kier molecular flexibility index (Phi) is 21.3. The molecule has 2 aliphatic heterocycles. The molecular weight excluding hydrogens is 905 g/mol. The van der Waals surface area contributed by atoms with Gasteiger partial charge in [0.1, 0.15) is 0 Å². The van der Waals surface area contributed by atoms with Crippen molar-refractivity contribution in [2.75, 3.05) is 26.2 Å². The van der Waals surface area contributed by atoms with Gasteiger partial charge in [0, 0.05) is 6.54 Å². The van der Waals surface area contributed by atoms with Crippen LogP contribution in [0.1, 0.15) is 263 Å². The lowest BCUT2D eigenvalue weighted by Gasteiger charge is -2.43. The van der Waals surface area contributed by atoms with E-state index in [-0.39, 0.29) is 0 Å². The van der Waals surface area contributed by atoms with E-state index in [4.69, 9.17) is 0 Å². The summed E-state index contributed by atoms with van der Waals surface area (Å²) in [7, 11) is 0. The highest BCUT2D eigenvalue weighted by Gasteiger charge is 2.39. The van der Waals surface area contributed by atoms with Gasteiger partial charge in [0.25, 0.3) is 0 Å². The van der Waals surface area contributed by atoms with E-state index in [1.54, 1.807) is 0 Å². The Morgan fingerprint density at radius 3 is 0.920 bits per heavy atom. The van der Waals surface area contributed by atoms with Gasteiger partial charge in [-0.05, 0) is 268 Å². The van der Waals surface area contributed by atoms with Crippen LogP contribution in [-0.2, 0) is 0 Å². The molecule has 2 saturated heterocycles. The van der Waals surface area contributed by atoms with E-state index in [1.165, 1.54) is 289 Å². The van der Waals surface area contributed by atoms with Gasteiger partial charge in [-0.15, -0.1) is 0 Å². The number of hydrogen-bond donors (Lipinski definition) is 2. The molecule has 0 aromatic heterocycles. The van der Waals surface area contributed by atoms with E-state index in [0.717, 1.165) is 21.7 Å². The summed E-state index contributed by atoms with van der Waals surface area (Å²) in [4.78, 5) is 0. The van der Waals surface area contributed by atoms with Gasteiger partial charge >= 0.3 is 0 Å². The van der Waals surface area contributed by atoms with Gasteiger partial charge in [-0.25, -0.2) is 0 Å². The van der Waals surface area contributed by atoms with Gasteiger partial charge in [0.05, 0.1) is 0 Å². The molecule has 0 aromatic carbocycles. The third-order valence-electron chi connectivity index (χ3n) is 23.0. The molecule has 2 heterocycles. The maximum atomic E-state index is 3.42. The van der Waals surface area contributed by atoms with Crippen molar-refractivity contribution >= 4 is 0 Å². The molecule has 0 atom stereocenters. The number of hydrogen-bond acceptors (Lipinski definition) is 2. The first kappa shape index (κ1) is 57.0. The van der Waals surface area contributed by atoms with E-state index in [9.17, 15) is 0 Å². The van der Waals surface area contributed by atoms with Gasteiger partial charge in [0.15, 0.2) is 0 Å². The SMILES string of the molecule is C1=CCC2(C1)CC=CC2.C1=CCC2(C1)CCC2.C1=CCC2(C1)CCCC2.C1=CCC2(C1)CCNC2.C1=CCC2(C1)CCNCC2.C1=CCC2(C=C1)CCCC2.C1=CCC2(CC1)CCC2.C1=CCC2(CC1)CCCCC2. The van der Waals surface area contributed by atoms with Crippen LogP contribution in [0.4, 0.5) is 0 Å². The van der Waals surface area contributed by atoms with Crippen molar-refractivity contribution in [3.63, 3.8) is 0 Å². The summed E-state index contributed by atoms with van der Waals surface area (Å²) < 4.78 is 0.